The fourth-order valence-corrected chi connectivity index (χ4v) is 3.33. The molecule has 9 heteroatoms. The molecule has 0 aromatic heterocycles. The summed E-state index contributed by atoms with van der Waals surface area (Å²) in [5.74, 6) is -1.87. The summed E-state index contributed by atoms with van der Waals surface area (Å²) in [6.07, 6.45) is 0. The molecule has 0 radical (unpaired) electrons. The highest BCUT2D eigenvalue weighted by Gasteiger charge is 2.48. The van der Waals surface area contributed by atoms with Gasteiger partial charge >= 0.3 is 7.60 Å². The molecule has 0 heterocycles. The van der Waals surface area contributed by atoms with Crippen LogP contribution in [0.2, 0.25) is 0 Å². The molecule has 15 heavy (non-hydrogen) atoms. The third kappa shape index (κ3) is 4.47. The van der Waals surface area contributed by atoms with Gasteiger partial charge in [-0.25, -0.2) is 0 Å². The quantitative estimate of drug-likeness (QED) is 0.639. The summed E-state index contributed by atoms with van der Waals surface area (Å²) in [4.78, 5) is 10.9. The second kappa shape index (κ2) is 5.71. The molecule has 1 amide bonds. The monoisotopic (exact) mass is 297 g/mol. The number of carbonyl (C=O) groups excluding carboxylic acids is 1. The van der Waals surface area contributed by atoms with Crippen molar-refractivity contribution < 1.29 is 18.4 Å². The third-order valence-corrected chi connectivity index (χ3v) is 4.75. The Morgan fingerprint density at radius 1 is 1.33 bits per heavy atom. The molecule has 0 aliphatic heterocycles. The van der Waals surface area contributed by atoms with E-state index in [9.17, 15) is 9.36 Å². The molecule has 1 N–H and O–H groups in total. The smallest absolute Gasteiger partial charge is 0.339 e. The van der Waals surface area contributed by atoms with Gasteiger partial charge in [-0.15, -0.1) is 0 Å². The van der Waals surface area contributed by atoms with Crippen LogP contribution < -0.4 is 5.32 Å². The summed E-state index contributed by atoms with van der Waals surface area (Å²) < 4.78 is 19.2. The second-order valence-electron chi connectivity index (χ2n) is 2.55. The SMILES string of the molecule is COP(=O)(OC)[C@H](NC(C)=O)C(Cl)(Cl)Cl. The van der Waals surface area contributed by atoms with Crippen LogP contribution in [0.1, 0.15) is 6.92 Å². The maximum Gasteiger partial charge on any atom is 0.356 e. The van der Waals surface area contributed by atoms with Crippen LogP contribution in [-0.2, 0) is 18.4 Å². The maximum absolute atomic E-state index is 11.9. The summed E-state index contributed by atoms with van der Waals surface area (Å²) in [6.45, 7) is 1.19. The van der Waals surface area contributed by atoms with E-state index < -0.39 is 23.1 Å². The largest absolute Gasteiger partial charge is 0.356 e. The van der Waals surface area contributed by atoms with Gasteiger partial charge in [-0.1, -0.05) is 34.8 Å². The number of alkyl halides is 3. The lowest BCUT2D eigenvalue weighted by molar-refractivity contribution is -0.119. The van der Waals surface area contributed by atoms with Gasteiger partial charge in [0.2, 0.25) is 9.70 Å². The zero-order valence-corrected chi connectivity index (χ0v) is 11.5. The predicted molar refractivity (Wildman–Crippen MR) is 59.5 cm³/mol. The summed E-state index contributed by atoms with van der Waals surface area (Å²) >= 11 is 16.7. The lowest BCUT2D eigenvalue weighted by atomic mass is 10.6. The number of carbonyl (C=O) groups is 1. The molecular weight excluding hydrogens is 287 g/mol. The Morgan fingerprint density at radius 3 is 1.93 bits per heavy atom. The summed E-state index contributed by atoms with van der Waals surface area (Å²) in [6, 6.07) is 0. The molecule has 0 saturated heterocycles. The number of halogens is 3. The van der Waals surface area contributed by atoms with E-state index in [1.807, 2.05) is 0 Å². The van der Waals surface area contributed by atoms with Crippen LogP contribution in [0.4, 0.5) is 0 Å². The zero-order valence-electron chi connectivity index (χ0n) is 8.29. The van der Waals surface area contributed by atoms with Crippen molar-refractivity contribution in [3.8, 4) is 0 Å². The fourth-order valence-electron chi connectivity index (χ4n) is 0.818. The van der Waals surface area contributed by atoms with E-state index in [0.717, 1.165) is 14.2 Å². The van der Waals surface area contributed by atoms with E-state index >= 15 is 0 Å². The van der Waals surface area contributed by atoms with Gasteiger partial charge < -0.3 is 14.4 Å². The van der Waals surface area contributed by atoms with Gasteiger partial charge in [0.1, 0.15) is 0 Å². The van der Waals surface area contributed by atoms with Gasteiger partial charge in [0, 0.05) is 21.1 Å². The fraction of sp³-hybridized carbons (Fsp3) is 0.833. The van der Waals surface area contributed by atoms with Crippen molar-refractivity contribution in [2.24, 2.45) is 0 Å². The van der Waals surface area contributed by atoms with Crippen molar-refractivity contribution in [1.29, 1.82) is 0 Å². The van der Waals surface area contributed by atoms with E-state index in [0.29, 0.717) is 0 Å². The van der Waals surface area contributed by atoms with E-state index in [1.54, 1.807) is 0 Å². The van der Waals surface area contributed by atoms with Crippen LogP contribution >= 0.6 is 42.4 Å². The van der Waals surface area contributed by atoms with E-state index in [4.69, 9.17) is 34.8 Å². The van der Waals surface area contributed by atoms with Crippen LogP contribution in [0.25, 0.3) is 0 Å². The zero-order chi connectivity index (χ0) is 12.3. The molecule has 5 nitrogen and oxygen atoms in total. The molecule has 0 saturated carbocycles. The molecule has 0 aliphatic rings. The highest BCUT2D eigenvalue weighted by atomic mass is 35.6. The van der Waals surface area contributed by atoms with Gasteiger partial charge in [-0.2, -0.15) is 0 Å². The normalized spacial score (nSPS) is 14.8. The van der Waals surface area contributed by atoms with Gasteiger partial charge in [-0.05, 0) is 0 Å². The van der Waals surface area contributed by atoms with Crippen molar-refractivity contribution in [2.75, 3.05) is 14.2 Å². The molecule has 0 aromatic carbocycles. The van der Waals surface area contributed by atoms with Crippen molar-refractivity contribution >= 4 is 48.3 Å². The molecule has 0 aliphatic carbocycles. The Hall–Kier alpha value is 0.490. The first-order valence-electron chi connectivity index (χ1n) is 3.72. The molecule has 0 fully saturated rings. The van der Waals surface area contributed by atoms with Crippen LogP contribution in [-0.4, -0.2) is 29.7 Å². The molecule has 1 atom stereocenters. The van der Waals surface area contributed by atoms with Gasteiger partial charge in [0.05, 0.1) is 0 Å². The number of hydrogen-bond acceptors (Lipinski definition) is 4. The second-order valence-corrected chi connectivity index (χ2v) is 7.24. The minimum absolute atomic E-state index is 0.513. The van der Waals surface area contributed by atoms with Crippen LogP contribution in [0.3, 0.4) is 0 Å². The molecule has 0 spiro atoms. The summed E-state index contributed by atoms with van der Waals surface area (Å²) in [5, 5.41) is 2.21. The van der Waals surface area contributed by atoms with Crippen molar-refractivity contribution in [2.45, 2.75) is 16.5 Å². The first kappa shape index (κ1) is 15.5. The standard InChI is InChI=1S/C6H11Cl3NO4P/c1-4(11)10-5(6(7,8)9)15(12,13-2)14-3/h5H,1-3H3,(H,10,11)/t5-/m0/s1. The van der Waals surface area contributed by atoms with Gasteiger partial charge in [0.15, 0.2) is 5.78 Å². The molecule has 90 valence electrons. The van der Waals surface area contributed by atoms with Crippen LogP contribution in [0.15, 0.2) is 0 Å². The Labute approximate surface area is 103 Å². The Bertz CT molecular complexity index is 272. The molecule has 0 bridgehead atoms. The summed E-state index contributed by atoms with van der Waals surface area (Å²) in [5.41, 5.74) is 0. The van der Waals surface area contributed by atoms with Crippen LogP contribution in [0, 0.1) is 0 Å². The van der Waals surface area contributed by atoms with Crippen LogP contribution in [0.5, 0.6) is 0 Å². The average molecular weight is 298 g/mol. The Balaban J connectivity index is 5.10. The number of nitrogens with one attached hydrogen (secondary N) is 1. The molecule has 0 unspecified atom stereocenters. The van der Waals surface area contributed by atoms with E-state index in [1.165, 1.54) is 6.92 Å². The molecular formula is C6H11Cl3NO4P. The minimum Gasteiger partial charge on any atom is -0.339 e. The molecule has 0 aromatic rings. The average Bonchev–Trinajstić information content (AvgIpc) is 2.11. The number of hydrogen-bond donors (Lipinski definition) is 1. The van der Waals surface area contributed by atoms with Gasteiger partial charge in [0.25, 0.3) is 0 Å². The van der Waals surface area contributed by atoms with E-state index in [2.05, 4.69) is 14.4 Å². The first-order valence-corrected chi connectivity index (χ1v) is 6.47. The lowest BCUT2D eigenvalue weighted by Gasteiger charge is -2.29. The number of rotatable bonds is 4. The lowest BCUT2D eigenvalue weighted by Crippen LogP contribution is -2.43. The maximum atomic E-state index is 11.9. The van der Waals surface area contributed by atoms with Gasteiger partial charge in [-0.3, -0.25) is 9.36 Å². The number of amides is 1. The Morgan fingerprint density at radius 2 is 1.73 bits per heavy atom. The highest BCUT2D eigenvalue weighted by Crippen LogP contribution is 2.57. The van der Waals surface area contributed by atoms with Crippen molar-refractivity contribution in [3.63, 3.8) is 0 Å². The Kier molecular flexibility index (Phi) is 5.90. The highest BCUT2D eigenvalue weighted by molar-refractivity contribution is 7.55. The van der Waals surface area contributed by atoms with Crippen molar-refractivity contribution in [3.05, 3.63) is 0 Å². The topological polar surface area (TPSA) is 64.6 Å². The first-order chi connectivity index (χ1) is 6.67. The minimum atomic E-state index is -3.69. The summed E-state index contributed by atoms with van der Waals surface area (Å²) in [7, 11) is -1.43. The molecule has 0 rings (SSSR count). The van der Waals surface area contributed by atoms with Crippen molar-refractivity contribution in [1.82, 2.24) is 5.32 Å². The third-order valence-electron chi connectivity index (χ3n) is 1.48. The van der Waals surface area contributed by atoms with E-state index in [-0.39, 0.29) is 0 Å². The predicted octanol–water partition coefficient (Wildman–Crippen LogP) is 2.30.